The lowest BCUT2D eigenvalue weighted by Gasteiger charge is -2.16. The number of hydrogen-bond donors (Lipinski definition) is 3. The lowest BCUT2D eigenvalue weighted by Crippen LogP contribution is -2.41. The molecule has 0 aliphatic carbocycles. The Labute approximate surface area is 164 Å². The number of imide groups is 1. The molecule has 2 aromatic rings. The summed E-state index contributed by atoms with van der Waals surface area (Å²) in [5, 5.41) is 5.02. The van der Waals surface area contributed by atoms with Gasteiger partial charge in [-0.1, -0.05) is 30.3 Å². The van der Waals surface area contributed by atoms with Crippen LogP contribution >= 0.6 is 0 Å². The van der Waals surface area contributed by atoms with Crippen LogP contribution in [0.4, 0.5) is 10.5 Å². The topological polar surface area (TPSA) is 96.7 Å². The second kappa shape index (κ2) is 9.34. The summed E-state index contributed by atoms with van der Waals surface area (Å²) >= 11 is 0. The number of amides is 3. The summed E-state index contributed by atoms with van der Waals surface area (Å²) in [6, 6.07) is 16.5. The van der Waals surface area contributed by atoms with E-state index in [-0.39, 0.29) is 12.5 Å². The number of rotatable bonds is 6. The maximum atomic E-state index is 12.3. The number of nitrogens with zero attached hydrogens (tertiary/aromatic N) is 1. The molecule has 0 spiro atoms. The van der Waals surface area contributed by atoms with Gasteiger partial charge in [0.15, 0.2) is 0 Å². The molecular weight excluding hydrogens is 356 g/mol. The highest BCUT2D eigenvalue weighted by Gasteiger charge is 2.33. The van der Waals surface area contributed by atoms with Gasteiger partial charge in [0, 0.05) is 24.7 Å². The van der Waals surface area contributed by atoms with Crippen molar-refractivity contribution in [3.8, 4) is 5.75 Å². The molecule has 7 nitrogen and oxygen atoms in total. The number of nitrogens with two attached hydrogens (primary N) is 1. The molecule has 1 heterocycles. The van der Waals surface area contributed by atoms with Crippen molar-refractivity contribution in [1.82, 2.24) is 10.2 Å². The number of benzene rings is 2. The van der Waals surface area contributed by atoms with Crippen LogP contribution in [0.25, 0.3) is 0 Å². The van der Waals surface area contributed by atoms with E-state index in [0.29, 0.717) is 29.8 Å². The maximum absolute atomic E-state index is 12.3. The molecular formula is C21H26N4O3. The number of methoxy groups -OCH3 is 1. The third-order valence-electron chi connectivity index (χ3n) is 5.02. The minimum Gasteiger partial charge on any atom is -0.497 e. The van der Waals surface area contributed by atoms with Crippen molar-refractivity contribution in [2.24, 2.45) is 11.7 Å². The highest BCUT2D eigenvalue weighted by Crippen LogP contribution is 2.31. The lowest BCUT2D eigenvalue weighted by molar-refractivity contribution is -0.120. The average molecular weight is 382 g/mol. The lowest BCUT2D eigenvalue weighted by atomic mass is 9.89. The van der Waals surface area contributed by atoms with E-state index >= 15 is 0 Å². The van der Waals surface area contributed by atoms with Crippen LogP contribution in [0, 0.1) is 5.92 Å². The number of ether oxygens (including phenoxy) is 1. The van der Waals surface area contributed by atoms with Gasteiger partial charge in [0.1, 0.15) is 5.75 Å². The Balaban J connectivity index is 1.50. The molecule has 28 heavy (non-hydrogen) atoms. The summed E-state index contributed by atoms with van der Waals surface area (Å²) in [6.07, 6.45) is 0. The summed E-state index contributed by atoms with van der Waals surface area (Å²) in [5.74, 6) is 0.949. The fraction of sp³-hybridized carbons (Fsp3) is 0.333. The van der Waals surface area contributed by atoms with Crippen LogP contribution in [-0.2, 0) is 4.79 Å². The Kier molecular flexibility index (Phi) is 6.62. The van der Waals surface area contributed by atoms with Gasteiger partial charge in [-0.25, -0.2) is 4.79 Å². The number of urea groups is 1. The summed E-state index contributed by atoms with van der Waals surface area (Å²) in [4.78, 5) is 26.4. The highest BCUT2D eigenvalue weighted by atomic mass is 16.5. The number of carbonyl (C=O) groups excluding carboxylic acids is 2. The van der Waals surface area contributed by atoms with Crippen molar-refractivity contribution in [1.29, 1.82) is 0 Å². The molecule has 1 fully saturated rings. The molecule has 3 rings (SSSR count). The minimum absolute atomic E-state index is 0.163. The molecule has 4 N–H and O–H groups in total. The second-order valence-corrected chi connectivity index (χ2v) is 6.94. The smallest absolute Gasteiger partial charge is 0.325 e. The summed E-state index contributed by atoms with van der Waals surface area (Å²) in [7, 11) is 1.57. The first-order valence-corrected chi connectivity index (χ1v) is 9.31. The van der Waals surface area contributed by atoms with Gasteiger partial charge in [-0.2, -0.15) is 0 Å². The second-order valence-electron chi connectivity index (χ2n) is 6.94. The van der Waals surface area contributed by atoms with Crippen molar-refractivity contribution in [3.63, 3.8) is 0 Å². The molecule has 0 saturated carbocycles. The quantitative estimate of drug-likeness (QED) is 0.710. The zero-order chi connectivity index (χ0) is 19.9. The third-order valence-corrected chi connectivity index (χ3v) is 5.02. The van der Waals surface area contributed by atoms with Gasteiger partial charge in [0.2, 0.25) is 5.91 Å². The number of likely N-dealkylation sites (tertiary alicyclic amines) is 1. The Morgan fingerprint density at radius 2 is 1.82 bits per heavy atom. The fourth-order valence-corrected chi connectivity index (χ4v) is 3.61. The van der Waals surface area contributed by atoms with Crippen molar-refractivity contribution < 1.29 is 14.3 Å². The molecule has 0 aromatic heterocycles. The van der Waals surface area contributed by atoms with Crippen LogP contribution < -0.4 is 21.1 Å². The van der Waals surface area contributed by atoms with Crippen LogP contribution in [-0.4, -0.2) is 50.1 Å². The molecule has 1 aliphatic rings. The van der Waals surface area contributed by atoms with Gasteiger partial charge >= 0.3 is 6.03 Å². The molecule has 3 amide bonds. The monoisotopic (exact) mass is 382 g/mol. The van der Waals surface area contributed by atoms with Crippen LogP contribution in [0.5, 0.6) is 5.75 Å². The van der Waals surface area contributed by atoms with Gasteiger partial charge in [-0.15, -0.1) is 0 Å². The number of anilines is 1. The van der Waals surface area contributed by atoms with Crippen LogP contribution in [0.3, 0.4) is 0 Å². The van der Waals surface area contributed by atoms with Crippen molar-refractivity contribution in [2.75, 3.05) is 38.6 Å². The summed E-state index contributed by atoms with van der Waals surface area (Å²) in [5.41, 5.74) is 7.76. The molecule has 2 aromatic carbocycles. The SMILES string of the molecule is COc1ccc(NC(=O)NC(=O)CN2C[C@@H](CN)[C@H](c3ccccc3)C2)cc1. The van der Waals surface area contributed by atoms with E-state index in [1.54, 1.807) is 31.4 Å². The number of hydrogen-bond acceptors (Lipinski definition) is 5. The predicted molar refractivity (Wildman–Crippen MR) is 108 cm³/mol. The normalized spacial score (nSPS) is 19.2. The van der Waals surface area contributed by atoms with Crippen LogP contribution in [0.1, 0.15) is 11.5 Å². The van der Waals surface area contributed by atoms with Crippen molar-refractivity contribution in [2.45, 2.75) is 5.92 Å². The van der Waals surface area contributed by atoms with Gasteiger partial charge in [0.25, 0.3) is 0 Å². The van der Waals surface area contributed by atoms with E-state index in [1.807, 2.05) is 23.1 Å². The van der Waals surface area contributed by atoms with Gasteiger partial charge in [0.05, 0.1) is 13.7 Å². The molecule has 1 saturated heterocycles. The molecule has 2 atom stereocenters. The number of carbonyl (C=O) groups is 2. The molecule has 148 valence electrons. The average Bonchev–Trinajstić information content (AvgIpc) is 3.11. The summed E-state index contributed by atoms with van der Waals surface area (Å²) < 4.78 is 5.07. The molecule has 0 unspecified atom stereocenters. The molecule has 1 aliphatic heterocycles. The predicted octanol–water partition coefficient (Wildman–Crippen LogP) is 2.02. The van der Waals surface area contributed by atoms with Gasteiger partial charge in [-0.05, 0) is 42.3 Å². The Hall–Kier alpha value is -2.90. The Bertz CT molecular complexity index is 795. The third kappa shape index (κ3) is 5.09. The van der Waals surface area contributed by atoms with Gasteiger partial charge in [-0.3, -0.25) is 15.0 Å². The molecule has 7 heteroatoms. The summed E-state index contributed by atoms with van der Waals surface area (Å²) in [6.45, 7) is 2.22. The van der Waals surface area contributed by atoms with E-state index < -0.39 is 6.03 Å². The first-order valence-electron chi connectivity index (χ1n) is 9.31. The number of nitrogens with one attached hydrogen (secondary N) is 2. The first-order chi connectivity index (χ1) is 13.6. The first kappa shape index (κ1) is 19.9. The molecule has 0 bridgehead atoms. The van der Waals surface area contributed by atoms with E-state index in [0.717, 1.165) is 13.1 Å². The van der Waals surface area contributed by atoms with E-state index in [2.05, 4.69) is 22.8 Å². The zero-order valence-electron chi connectivity index (χ0n) is 15.9. The minimum atomic E-state index is -0.552. The Morgan fingerprint density at radius 1 is 1.11 bits per heavy atom. The largest absolute Gasteiger partial charge is 0.497 e. The molecule has 0 radical (unpaired) electrons. The van der Waals surface area contributed by atoms with Gasteiger partial charge < -0.3 is 15.8 Å². The fourth-order valence-electron chi connectivity index (χ4n) is 3.61. The zero-order valence-corrected chi connectivity index (χ0v) is 15.9. The van der Waals surface area contributed by atoms with E-state index in [4.69, 9.17) is 10.5 Å². The van der Waals surface area contributed by atoms with E-state index in [9.17, 15) is 9.59 Å². The maximum Gasteiger partial charge on any atom is 0.325 e. The Morgan fingerprint density at radius 3 is 2.46 bits per heavy atom. The van der Waals surface area contributed by atoms with Crippen molar-refractivity contribution >= 4 is 17.6 Å². The highest BCUT2D eigenvalue weighted by molar-refractivity contribution is 6.01. The standard InChI is InChI=1S/C21H26N4O3/c1-28-18-9-7-17(8-10-18)23-21(27)24-20(26)14-25-12-16(11-22)19(13-25)15-5-3-2-4-6-15/h2-10,16,19H,11-14,22H2,1H3,(H2,23,24,26,27)/t16-,19+/m1/s1. The van der Waals surface area contributed by atoms with Crippen molar-refractivity contribution in [3.05, 3.63) is 60.2 Å². The van der Waals surface area contributed by atoms with Crippen LogP contribution in [0.15, 0.2) is 54.6 Å². The van der Waals surface area contributed by atoms with E-state index in [1.165, 1.54) is 5.56 Å². The van der Waals surface area contributed by atoms with Crippen LogP contribution in [0.2, 0.25) is 0 Å².